The summed E-state index contributed by atoms with van der Waals surface area (Å²) in [7, 11) is 0. The van der Waals surface area contributed by atoms with Crippen molar-refractivity contribution in [1.29, 1.82) is 0 Å². The van der Waals surface area contributed by atoms with Gasteiger partial charge in [-0.15, -0.1) is 0 Å². The number of hydrogen-bond acceptors (Lipinski definition) is 3. The molecule has 104 valence electrons. The van der Waals surface area contributed by atoms with Crippen LogP contribution in [0, 0.1) is 5.92 Å². The molecule has 0 spiro atoms. The van der Waals surface area contributed by atoms with Crippen LogP contribution in [0.2, 0.25) is 0 Å². The SMILES string of the molecule is CCCNc1cnccc1C(=O)N1CCCC(C)C1. The van der Waals surface area contributed by atoms with E-state index in [0.717, 1.165) is 43.7 Å². The molecule has 1 unspecified atom stereocenters. The number of carbonyl (C=O) groups excluding carboxylic acids is 1. The maximum Gasteiger partial charge on any atom is 0.256 e. The van der Waals surface area contributed by atoms with Crippen LogP contribution in [0.5, 0.6) is 0 Å². The molecule has 0 bridgehead atoms. The first-order valence-electron chi connectivity index (χ1n) is 7.19. The Morgan fingerprint density at radius 2 is 2.42 bits per heavy atom. The minimum Gasteiger partial charge on any atom is -0.383 e. The number of aromatic nitrogens is 1. The van der Waals surface area contributed by atoms with Crippen molar-refractivity contribution < 1.29 is 4.79 Å². The molecule has 1 aromatic rings. The van der Waals surface area contributed by atoms with Crippen molar-refractivity contribution in [3.8, 4) is 0 Å². The van der Waals surface area contributed by atoms with E-state index in [1.807, 2.05) is 11.0 Å². The zero-order valence-electron chi connectivity index (χ0n) is 11.9. The molecule has 0 radical (unpaired) electrons. The van der Waals surface area contributed by atoms with Crippen LogP contribution in [0.15, 0.2) is 18.5 Å². The van der Waals surface area contributed by atoms with E-state index >= 15 is 0 Å². The summed E-state index contributed by atoms with van der Waals surface area (Å²) < 4.78 is 0. The highest BCUT2D eigenvalue weighted by atomic mass is 16.2. The summed E-state index contributed by atoms with van der Waals surface area (Å²) in [4.78, 5) is 18.7. The Balaban J connectivity index is 2.13. The van der Waals surface area contributed by atoms with Crippen LogP contribution >= 0.6 is 0 Å². The molecule has 4 heteroatoms. The Labute approximate surface area is 115 Å². The van der Waals surface area contributed by atoms with Gasteiger partial charge in [0.05, 0.1) is 17.4 Å². The van der Waals surface area contributed by atoms with Gasteiger partial charge in [0.1, 0.15) is 0 Å². The average Bonchev–Trinajstić information content (AvgIpc) is 2.44. The number of rotatable bonds is 4. The molecule has 1 atom stereocenters. The largest absolute Gasteiger partial charge is 0.383 e. The molecule has 1 N–H and O–H groups in total. The van der Waals surface area contributed by atoms with E-state index in [2.05, 4.69) is 24.1 Å². The molecule has 1 saturated heterocycles. The molecule has 1 fully saturated rings. The fourth-order valence-electron chi connectivity index (χ4n) is 2.53. The van der Waals surface area contributed by atoms with E-state index in [4.69, 9.17) is 0 Å². The zero-order chi connectivity index (χ0) is 13.7. The first-order chi connectivity index (χ1) is 9.22. The van der Waals surface area contributed by atoms with E-state index in [9.17, 15) is 4.79 Å². The van der Waals surface area contributed by atoms with E-state index in [1.54, 1.807) is 12.4 Å². The van der Waals surface area contributed by atoms with Crippen molar-refractivity contribution in [1.82, 2.24) is 9.88 Å². The van der Waals surface area contributed by atoms with Crippen LogP contribution in [0.3, 0.4) is 0 Å². The minimum absolute atomic E-state index is 0.132. The number of nitrogens with one attached hydrogen (secondary N) is 1. The van der Waals surface area contributed by atoms with Gasteiger partial charge in [-0.2, -0.15) is 0 Å². The molecule has 1 amide bonds. The second-order valence-electron chi connectivity index (χ2n) is 5.35. The normalized spacial score (nSPS) is 19.3. The number of anilines is 1. The highest BCUT2D eigenvalue weighted by molar-refractivity contribution is 5.99. The molecule has 0 saturated carbocycles. The lowest BCUT2D eigenvalue weighted by Crippen LogP contribution is -2.39. The van der Waals surface area contributed by atoms with E-state index in [-0.39, 0.29) is 5.91 Å². The summed E-state index contributed by atoms with van der Waals surface area (Å²) in [5.41, 5.74) is 1.60. The van der Waals surface area contributed by atoms with Gasteiger partial charge < -0.3 is 10.2 Å². The second-order valence-corrected chi connectivity index (χ2v) is 5.35. The second kappa shape index (κ2) is 6.55. The predicted octanol–water partition coefficient (Wildman–Crippen LogP) is 2.78. The Morgan fingerprint density at radius 1 is 1.58 bits per heavy atom. The maximum absolute atomic E-state index is 12.6. The number of nitrogens with zero attached hydrogens (tertiary/aromatic N) is 2. The standard InChI is InChI=1S/C15H23N3O/c1-3-7-17-14-10-16-8-6-13(14)15(19)18-9-4-5-12(2)11-18/h6,8,10,12,17H,3-5,7,9,11H2,1-2H3. The minimum atomic E-state index is 0.132. The van der Waals surface area contributed by atoms with Crippen LogP contribution < -0.4 is 5.32 Å². The zero-order valence-corrected chi connectivity index (χ0v) is 11.9. The molecule has 1 aliphatic heterocycles. The monoisotopic (exact) mass is 261 g/mol. The van der Waals surface area contributed by atoms with Gasteiger partial charge in [-0.1, -0.05) is 13.8 Å². The summed E-state index contributed by atoms with van der Waals surface area (Å²) in [5.74, 6) is 0.735. The highest BCUT2D eigenvalue weighted by Gasteiger charge is 2.23. The number of hydrogen-bond donors (Lipinski definition) is 1. The molecule has 1 aliphatic rings. The molecular formula is C15H23N3O. The lowest BCUT2D eigenvalue weighted by Gasteiger charge is -2.31. The Morgan fingerprint density at radius 3 is 3.16 bits per heavy atom. The van der Waals surface area contributed by atoms with E-state index in [0.29, 0.717) is 5.92 Å². The van der Waals surface area contributed by atoms with E-state index in [1.165, 1.54) is 6.42 Å². The molecule has 0 aliphatic carbocycles. The number of likely N-dealkylation sites (tertiary alicyclic amines) is 1. The average molecular weight is 261 g/mol. The van der Waals surface area contributed by atoms with Gasteiger partial charge in [0.25, 0.3) is 5.91 Å². The molecular weight excluding hydrogens is 238 g/mol. The number of piperidine rings is 1. The number of carbonyl (C=O) groups is 1. The number of pyridine rings is 1. The smallest absolute Gasteiger partial charge is 0.256 e. The molecule has 4 nitrogen and oxygen atoms in total. The van der Waals surface area contributed by atoms with Gasteiger partial charge in [-0.05, 0) is 31.2 Å². The first-order valence-corrected chi connectivity index (χ1v) is 7.19. The third-order valence-corrected chi connectivity index (χ3v) is 3.56. The lowest BCUT2D eigenvalue weighted by molar-refractivity contribution is 0.0684. The fourth-order valence-corrected chi connectivity index (χ4v) is 2.53. The van der Waals surface area contributed by atoms with Crippen LogP contribution in [-0.4, -0.2) is 35.4 Å². The molecule has 1 aromatic heterocycles. The quantitative estimate of drug-likeness (QED) is 0.906. The Kier molecular flexibility index (Phi) is 4.77. The van der Waals surface area contributed by atoms with Crippen molar-refractivity contribution in [2.24, 2.45) is 5.92 Å². The molecule has 2 heterocycles. The molecule has 19 heavy (non-hydrogen) atoms. The first kappa shape index (κ1) is 13.8. The summed E-state index contributed by atoms with van der Waals surface area (Å²) in [6, 6.07) is 1.82. The van der Waals surface area contributed by atoms with Crippen molar-refractivity contribution in [2.75, 3.05) is 25.0 Å². The third-order valence-electron chi connectivity index (χ3n) is 3.56. The fraction of sp³-hybridized carbons (Fsp3) is 0.600. The third kappa shape index (κ3) is 3.46. The van der Waals surface area contributed by atoms with Crippen molar-refractivity contribution in [3.05, 3.63) is 24.0 Å². The summed E-state index contributed by atoms with van der Waals surface area (Å²) in [5, 5.41) is 3.28. The van der Waals surface area contributed by atoms with Gasteiger partial charge in [0, 0.05) is 25.8 Å². The van der Waals surface area contributed by atoms with E-state index < -0.39 is 0 Å². The predicted molar refractivity (Wildman–Crippen MR) is 77.3 cm³/mol. The van der Waals surface area contributed by atoms with Crippen LogP contribution in [0.25, 0.3) is 0 Å². The summed E-state index contributed by atoms with van der Waals surface area (Å²) in [6.07, 6.45) is 6.80. The Bertz CT molecular complexity index is 433. The molecule has 2 rings (SSSR count). The van der Waals surface area contributed by atoms with Crippen molar-refractivity contribution in [3.63, 3.8) is 0 Å². The van der Waals surface area contributed by atoms with Gasteiger partial charge in [-0.3, -0.25) is 9.78 Å². The van der Waals surface area contributed by atoms with Crippen molar-refractivity contribution in [2.45, 2.75) is 33.1 Å². The van der Waals surface area contributed by atoms with Crippen LogP contribution in [0.4, 0.5) is 5.69 Å². The summed E-state index contributed by atoms with van der Waals surface area (Å²) >= 11 is 0. The summed E-state index contributed by atoms with van der Waals surface area (Å²) in [6.45, 7) is 6.93. The Hall–Kier alpha value is -1.58. The number of amides is 1. The topological polar surface area (TPSA) is 45.2 Å². The lowest BCUT2D eigenvalue weighted by atomic mass is 9.99. The van der Waals surface area contributed by atoms with Crippen molar-refractivity contribution >= 4 is 11.6 Å². The van der Waals surface area contributed by atoms with Gasteiger partial charge in [0.2, 0.25) is 0 Å². The van der Waals surface area contributed by atoms with Gasteiger partial charge in [0.15, 0.2) is 0 Å². The van der Waals surface area contributed by atoms with Gasteiger partial charge in [-0.25, -0.2) is 0 Å². The highest BCUT2D eigenvalue weighted by Crippen LogP contribution is 2.21. The van der Waals surface area contributed by atoms with Crippen LogP contribution in [-0.2, 0) is 0 Å². The maximum atomic E-state index is 12.6. The van der Waals surface area contributed by atoms with Gasteiger partial charge >= 0.3 is 0 Å². The molecule has 0 aromatic carbocycles. The van der Waals surface area contributed by atoms with Crippen LogP contribution in [0.1, 0.15) is 43.5 Å².